The van der Waals surface area contributed by atoms with Crippen LogP contribution in [-0.2, 0) is 22.1 Å². The number of hydrogen-bond donors (Lipinski definition) is 2. The first kappa shape index (κ1) is 15.4. The molecule has 1 amide bonds. The lowest BCUT2D eigenvalue weighted by atomic mass is 10.2. The molecular weight excluding hydrogens is 284 g/mol. The first-order chi connectivity index (χ1) is 10.2. The van der Waals surface area contributed by atoms with Gasteiger partial charge in [0.1, 0.15) is 0 Å². The monoisotopic (exact) mass is 302 g/mol. The Morgan fingerprint density at radius 1 is 1.05 bits per heavy atom. The van der Waals surface area contributed by atoms with Crippen molar-refractivity contribution in [3.05, 3.63) is 60.2 Å². The highest BCUT2D eigenvalue weighted by molar-refractivity contribution is 7.85. The average molecular weight is 302 g/mol. The Morgan fingerprint density at radius 2 is 1.71 bits per heavy atom. The number of nitrogens with two attached hydrogens (primary N) is 1. The molecule has 0 aliphatic rings. The molecule has 0 saturated heterocycles. The second-order valence-electron chi connectivity index (χ2n) is 4.56. The van der Waals surface area contributed by atoms with Gasteiger partial charge in [-0.15, -0.1) is 0 Å². The quantitative estimate of drug-likeness (QED) is 0.860. The van der Waals surface area contributed by atoms with Gasteiger partial charge in [0.15, 0.2) is 0 Å². The fraction of sp³-hybridized carbons (Fsp3) is 0.188. The summed E-state index contributed by atoms with van der Waals surface area (Å²) >= 11 is 0. The summed E-state index contributed by atoms with van der Waals surface area (Å²) in [5.41, 5.74) is 7.25. The fourth-order valence-electron chi connectivity index (χ4n) is 1.82. The molecule has 5 heteroatoms. The molecule has 0 bridgehead atoms. The Morgan fingerprint density at radius 3 is 2.33 bits per heavy atom. The zero-order valence-electron chi connectivity index (χ0n) is 11.6. The summed E-state index contributed by atoms with van der Waals surface area (Å²) in [6, 6.07) is 16.5. The van der Waals surface area contributed by atoms with Gasteiger partial charge in [-0.3, -0.25) is 9.00 Å². The minimum atomic E-state index is -1.14. The topological polar surface area (TPSA) is 72.2 Å². The molecule has 0 aromatic heterocycles. The Kier molecular flexibility index (Phi) is 5.66. The molecule has 1 atom stereocenters. The molecule has 4 nitrogen and oxygen atoms in total. The predicted molar refractivity (Wildman–Crippen MR) is 85.3 cm³/mol. The summed E-state index contributed by atoms with van der Waals surface area (Å²) in [5.74, 6) is 0.177. The molecule has 0 radical (unpaired) electrons. The second kappa shape index (κ2) is 7.71. The van der Waals surface area contributed by atoms with Crippen molar-refractivity contribution in [2.75, 3.05) is 11.1 Å². The van der Waals surface area contributed by atoms with Crippen molar-refractivity contribution in [2.24, 2.45) is 5.73 Å². The summed E-state index contributed by atoms with van der Waals surface area (Å²) in [7, 11) is -1.14. The van der Waals surface area contributed by atoms with Crippen LogP contribution in [0.3, 0.4) is 0 Å². The van der Waals surface area contributed by atoms with Crippen LogP contribution in [0.5, 0.6) is 0 Å². The van der Waals surface area contributed by atoms with Gasteiger partial charge in [0.25, 0.3) is 0 Å². The number of nitrogens with one attached hydrogen (secondary N) is 1. The number of carbonyl (C=O) groups is 1. The van der Waals surface area contributed by atoms with Gasteiger partial charge in [-0.25, -0.2) is 0 Å². The number of hydrogen-bond acceptors (Lipinski definition) is 3. The standard InChI is InChI=1S/C16H18N2O2S/c17-12-13-6-8-14(9-7-13)18-16(19)10-11-21(20)15-4-2-1-3-5-15/h1-9H,10-12,17H2,(H,18,19). The molecule has 2 aromatic rings. The van der Waals surface area contributed by atoms with Crippen molar-refractivity contribution in [3.63, 3.8) is 0 Å². The number of anilines is 1. The van der Waals surface area contributed by atoms with Gasteiger partial charge in [-0.05, 0) is 29.8 Å². The van der Waals surface area contributed by atoms with E-state index in [2.05, 4.69) is 5.32 Å². The van der Waals surface area contributed by atoms with Gasteiger partial charge in [0.2, 0.25) is 5.91 Å². The van der Waals surface area contributed by atoms with Crippen LogP contribution in [0.2, 0.25) is 0 Å². The van der Waals surface area contributed by atoms with Crippen LogP contribution in [0.1, 0.15) is 12.0 Å². The normalized spacial score (nSPS) is 11.9. The van der Waals surface area contributed by atoms with Gasteiger partial charge in [0, 0.05) is 29.3 Å². The van der Waals surface area contributed by atoms with E-state index in [9.17, 15) is 9.00 Å². The van der Waals surface area contributed by atoms with Gasteiger partial charge in [-0.1, -0.05) is 30.3 Å². The lowest BCUT2D eigenvalue weighted by Crippen LogP contribution is -2.15. The third kappa shape index (κ3) is 4.81. The summed E-state index contributed by atoms with van der Waals surface area (Å²) in [4.78, 5) is 12.6. The van der Waals surface area contributed by atoms with Crippen LogP contribution in [0.15, 0.2) is 59.5 Å². The minimum Gasteiger partial charge on any atom is -0.326 e. The molecule has 2 rings (SSSR count). The molecule has 0 aliphatic heterocycles. The summed E-state index contributed by atoms with van der Waals surface area (Å²) in [5, 5.41) is 2.79. The van der Waals surface area contributed by atoms with Crippen molar-refractivity contribution in [3.8, 4) is 0 Å². The van der Waals surface area contributed by atoms with Crippen LogP contribution < -0.4 is 11.1 Å². The Hall–Kier alpha value is -1.98. The highest BCUT2D eigenvalue weighted by Gasteiger charge is 2.07. The molecule has 2 aromatic carbocycles. The predicted octanol–water partition coefficient (Wildman–Crippen LogP) is 2.28. The number of rotatable bonds is 6. The maximum Gasteiger partial charge on any atom is 0.225 e. The van der Waals surface area contributed by atoms with Crippen LogP contribution in [0.25, 0.3) is 0 Å². The smallest absolute Gasteiger partial charge is 0.225 e. The van der Waals surface area contributed by atoms with E-state index in [0.717, 1.165) is 16.1 Å². The van der Waals surface area contributed by atoms with E-state index in [0.29, 0.717) is 12.3 Å². The Balaban J connectivity index is 1.83. The number of benzene rings is 2. The van der Waals surface area contributed by atoms with Crippen molar-refractivity contribution in [1.82, 2.24) is 0 Å². The number of carbonyl (C=O) groups excluding carboxylic acids is 1. The number of amides is 1. The van der Waals surface area contributed by atoms with Crippen LogP contribution >= 0.6 is 0 Å². The first-order valence-corrected chi connectivity index (χ1v) is 8.03. The molecule has 3 N–H and O–H groups in total. The fourth-order valence-corrected chi connectivity index (χ4v) is 2.89. The van der Waals surface area contributed by atoms with E-state index in [1.807, 2.05) is 42.5 Å². The molecule has 110 valence electrons. The van der Waals surface area contributed by atoms with Crippen molar-refractivity contribution in [1.29, 1.82) is 0 Å². The van der Waals surface area contributed by atoms with Gasteiger partial charge >= 0.3 is 0 Å². The summed E-state index contributed by atoms with van der Waals surface area (Å²) in [6.45, 7) is 0.476. The first-order valence-electron chi connectivity index (χ1n) is 6.71. The van der Waals surface area contributed by atoms with E-state index in [4.69, 9.17) is 5.73 Å². The average Bonchev–Trinajstić information content (AvgIpc) is 2.54. The van der Waals surface area contributed by atoms with E-state index in [1.165, 1.54) is 0 Å². The van der Waals surface area contributed by atoms with E-state index in [-0.39, 0.29) is 12.3 Å². The lowest BCUT2D eigenvalue weighted by Gasteiger charge is -2.06. The molecule has 0 fully saturated rings. The molecule has 21 heavy (non-hydrogen) atoms. The largest absolute Gasteiger partial charge is 0.326 e. The second-order valence-corrected chi connectivity index (χ2v) is 6.13. The SMILES string of the molecule is NCc1ccc(NC(=O)CCS(=O)c2ccccc2)cc1. The minimum absolute atomic E-state index is 0.139. The van der Waals surface area contributed by atoms with Crippen molar-refractivity contribution >= 4 is 22.4 Å². The van der Waals surface area contributed by atoms with Crippen LogP contribution in [-0.4, -0.2) is 15.9 Å². The maximum atomic E-state index is 12.0. The van der Waals surface area contributed by atoms with Crippen molar-refractivity contribution in [2.45, 2.75) is 17.9 Å². The van der Waals surface area contributed by atoms with Gasteiger partial charge < -0.3 is 11.1 Å². The maximum absolute atomic E-state index is 12.0. The zero-order chi connectivity index (χ0) is 15.1. The van der Waals surface area contributed by atoms with Crippen molar-refractivity contribution < 1.29 is 9.00 Å². The van der Waals surface area contributed by atoms with Gasteiger partial charge in [0.05, 0.1) is 10.8 Å². The van der Waals surface area contributed by atoms with Gasteiger partial charge in [-0.2, -0.15) is 0 Å². The Labute approximate surface area is 126 Å². The third-order valence-corrected chi connectivity index (χ3v) is 4.37. The molecule has 0 heterocycles. The molecular formula is C16H18N2O2S. The molecule has 0 saturated carbocycles. The summed E-state index contributed by atoms with van der Waals surface area (Å²) < 4.78 is 12.0. The van der Waals surface area contributed by atoms with E-state index < -0.39 is 10.8 Å². The van der Waals surface area contributed by atoms with E-state index >= 15 is 0 Å². The molecule has 0 spiro atoms. The van der Waals surface area contributed by atoms with Crippen LogP contribution in [0.4, 0.5) is 5.69 Å². The highest BCUT2D eigenvalue weighted by Crippen LogP contribution is 2.10. The lowest BCUT2D eigenvalue weighted by molar-refractivity contribution is -0.115. The van der Waals surface area contributed by atoms with Crippen LogP contribution in [0, 0.1) is 0 Å². The third-order valence-electron chi connectivity index (χ3n) is 2.99. The van der Waals surface area contributed by atoms with E-state index in [1.54, 1.807) is 12.1 Å². The molecule has 1 unspecified atom stereocenters. The zero-order valence-corrected chi connectivity index (χ0v) is 12.4. The molecule has 0 aliphatic carbocycles. The Bertz CT molecular complexity index is 612. The summed E-state index contributed by atoms with van der Waals surface area (Å²) in [6.07, 6.45) is 0.222. The highest BCUT2D eigenvalue weighted by atomic mass is 32.2.